The zero-order valence-corrected chi connectivity index (χ0v) is 15.6. The number of carbonyl (C=O) groups is 1. The summed E-state index contributed by atoms with van der Waals surface area (Å²) < 4.78 is 5.22. The van der Waals surface area contributed by atoms with Gasteiger partial charge in [-0.15, -0.1) is 11.3 Å². The van der Waals surface area contributed by atoms with Gasteiger partial charge in [0, 0.05) is 15.8 Å². The Morgan fingerprint density at radius 2 is 1.89 bits per heavy atom. The molecule has 134 valence electrons. The number of hydrogen-bond donors (Lipinski definition) is 1. The predicted molar refractivity (Wildman–Crippen MR) is 109 cm³/mol. The maximum Gasteiger partial charge on any atom is 0.252 e. The summed E-state index contributed by atoms with van der Waals surface area (Å²) in [6.45, 7) is 0.519. The number of pyridine rings is 1. The van der Waals surface area contributed by atoms with Crippen LogP contribution in [0.1, 0.15) is 15.2 Å². The topological polar surface area (TPSA) is 51.2 Å². The molecule has 1 amide bonds. The standard InChI is InChI=1S/C22H18N2O2S/c1-26-16-10-8-15(9-11-16)21-13-19(18-6-2-3-7-20(18)24-21)22(25)23-14-17-5-4-12-27-17/h2-13H,14H2,1H3,(H,23,25). The summed E-state index contributed by atoms with van der Waals surface area (Å²) in [6, 6.07) is 21.2. The predicted octanol–water partition coefficient (Wildman–Crippen LogP) is 4.90. The summed E-state index contributed by atoms with van der Waals surface area (Å²) in [5.41, 5.74) is 3.13. The number of benzene rings is 2. The Bertz CT molecular complexity index is 1070. The number of carbonyl (C=O) groups excluding carboxylic acids is 1. The van der Waals surface area contributed by atoms with Gasteiger partial charge in [0.15, 0.2) is 0 Å². The lowest BCUT2D eigenvalue weighted by molar-refractivity contribution is 0.0953. The Labute approximate surface area is 161 Å². The van der Waals surface area contributed by atoms with E-state index in [0.29, 0.717) is 12.1 Å². The molecule has 2 heterocycles. The molecule has 2 aromatic carbocycles. The Morgan fingerprint density at radius 3 is 2.63 bits per heavy atom. The maximum atomic E-state index is 12.9. The zero-order chi connectivity index (χ0) is 18.6. The molecule has 4 nitrogen and oxygen atoms in total. The van der Waals surface area contributed by atoms with Crippen molar-refractivity contribution in [2.45, 2.75) is 6.54 Å². The first-order valence-electron chi connectivity index (χ1n) is 8.59. The van der Waals surface area contributed by atoms with Crippen molar-refractivity contribution in [3.63, 3.8) is 0 Å². The van der Waals surface area contributed by atoms with Gasteiger partial charge in [-0.2, -0.15) is 0 Å². The number of amides is 1. The van der Waals surface area contributed by atoms with E-state index in [2.05, 4.69) is 5.32 Å². The molecule has 0 radical (unpaired) electrons. The number of rotatable bonds is 5. The molecule has 5 heteroatoms. The van der Waals surface area contributed by atoms with Gasteiger partial charge >= 0.3 is 0 Å². The Balaban J connectivity index is 1.72. The quantitative estimate of drug-likeness (QED) is 0.540. The van der Waals surface area contributed by atoms with Crippen LogP contribution in [0.15, 0.2) is 72.1 Å². The van der Waals surface area contributed by atoms with E-state index in [1.54, 1.807) is 18.4 Å². The second-order valence-electron chi connectivity index (χ2n) is 6.06. The molecule has 0 saturated heterocycles. The summed E-state index contributed by atoms with van der Waals surface area (Å²) in [6.07, 6.45) is 0. The van der Waals surface area contributed by atoms with Crippen LogP contribution in [0.25, 0.3) is 22.2 Å². The van der Waals surface area contributed by atoms with E-state index in [-0.39, 0.29) is 5.91 Å². The molecule has 27 heavy (non-hydrogen) atoms. The monoisotopic (exact) mass is 374 g/mol. The zero-order valence-electron chi connectivity index (χ0n) is 14.8. The first-order valence-corrected chi connectivity index (χ1v) is 9.47. The SMILES string of the molecule is COc1ccc(-c2cc(C(=O)NCc3cccs3)c3ccccc3n2)cc1. The molecule has 4 rings (SSSR count). The number of para-hydroxylation sites is 1. The molecule has 0 unspecified atom stereocenters. The third-order valence-corrected chi connectivity index (χ3v) is 5.23. The molecular weight excluding hydrogens is 356 g/mol. The van der Waals surface area contributed by atoms with Gasteiger partial charge in [0.2, 0.25) is 0 Å². The van der Waals surface area contributed by atoms with Crippen LogP contribution in [-0.2, 0) is 6.54 Å². The van der Waals surface area contributed by atoms with Crippen LogP contribution in [0.2, 0.25) is 0 Å². The van der Waals surface area contributed by atoms with Crippen LogP contribution >= 0.6 is 11.3 Å². The van der Waals surface area contributed by atoms with Crippen LogP contribution in [0.5, 0.6) is 5.75 Å². The summed E-state index contributed by atoms with van der Waals surface area (Å²) >= 11 is 1.63. The fraction of sp³-hybridized carbons (Fsp3) is 0.0909. The van der Waals surface area contributed by atoms with Crippen molar-refractivity contribution in [2.24, 2.45) is 0 Å². The van der Waals surface area contributed by atoms with Crippen LogP contribution in [0.4, 0.5) is 0 Å². The minimum Gasteiger partial charge on any atom is -0.497 e. The molecule has 0 aliphatic rings. The molecule has 0 fully saturated rings. The van der Waals surface area contributed by atoms with E-state index in [1.165, 1.54) is 0 Å². The summed E-state index contributed by atoms with van der Waals surface area (Å²) in [5, 5.41) is 5.86. The van der Waals surface area contributed by atoms with Crippen LogP contribution in [-0.4, -0.2) is 18.0 Å². The summed E-state index contributed by atoms with van der Waals surface area (Å²) in [7, 11) is 1.64. The van der Waals surface area contributed by atoms with E-state index in [0.717, 1.165) is 32.8 Å². The average molecular weight is 374 g/mol. The normalized spacial score (nSPS) is 10.7. The van der Waals surface area contributed by atoms with Crippen molar-refractivity contribution in [3.8, 4) is 17.0 Å². The molecule has 4 aromatic rings. The maximum absolute atomic E-state index is 12.9. The van der Waals surface area contributed by atoms with E-state index in [1.807, 2.05) is 72.1 Å². The smallest absolute Gasteiger partial charge is 0.252 e. The Kier molecular flexibility index (Phi) is 4.85. The number of methoxy groups -OCH3 is 1. The van der Waals surface area contributed by atoms with Crippen molar-refractivity contribution >= 4 is 28.1 Å². The van der Waals surface area contributed by atoms with Crippen molar-refractivity contribution < 1.29 is 9.53 Å². The van der Waals surface area contributed by atoms with Gasteiger partial charge < -0.3 is 10.1 Å². The highest BCUT2D eigenvalue weighted by Gasteiger charge is 2.14. The average Bonchev–Trinajstić information content (AvgIpc) is 3.25. The number of ether oxygens (including phenoxy) is 1. The second-order valence-corrected chi connectivity index (χ2v) is 7.09. The van der Waals surface area contributed by atoms with Crippen molar-refractivity contribution in [2.75, 3.05) is 7.11 Å². The highest BCUT2D eigenvalue weighted by molar-refractivity contribution is 7.09. The minimum atomic E-state index is -0.100. The molecule has 0 bridgehead atoms. The number of hydrogen-bond acceptors (Lipinski definition) is 4. The fourth-order valence-electron chi connectivity index (χ4n) is 2.95. The fourth-order valence-corrected chi connectivity index (χ4v) is 3.59. The third kappa shape index (κ3) is 3.68. The molecule has 0 spiro atoms. The third-order valence-electron chi connectivity index (χ3n) is 4.35. The van der Waals surface area contributed by atoms with Gasteiger partial charge in [0.25, 0.3) is 5.91 Å². The molecular formula is C22H18N2O2S. The van der Waals surface area contributed by atoms with Crippen molar-refractivity contribution in [3.05, 3.63) is 82.6 Å². The first-order chi connectivity index (χ1) is 13.2. The number of aromatic nitrogens is 1. The van der Waals surface area contributed by atoms with Gasteiger partial charge in [-0.25, -0.2) is 4.98 Å². The van der Waals surface area contributed by atoms with Gasteiger partial charge in [0.05, 0.1) is 30.4 Å². The van der Waals surface area contributed by atoms with E-state index >= 15 is 0 Å². The molecule has 0 saturated carbocycles. The van der Waals surface area contributed by atoms with Crippen LogP contribution in [0.3, 0.4) is 0 Å². The van der Waals surface area contributed by atoms with Gasteiger partial charge in [-0.05, 0) is 47.8 Å². The molecule has 2 aromatic heterocycles. The lowest BCUT2D eigenvalue weighted by Crippen LogP contribution is -2.22. The molecule has 1 N–H and O–H groups in total. The minimum absolute atomic E-state index is 0.100. The Morgan fingerprint density at radius 1 is 1.07 bits per heavy atom. The lowest BCUT2D eigenvalue weighted by atomic mass is 10.0. The van der Waals surface area contributed by atoms with Crippen molar-refractivity contribution in [1.82, 2.24) is 10.3 Å². The largest absolute Gasteiger partial charge is 0.497 e. The van der Waals surface area contributed by atoms with Crippen LogP contribution < -0.4 is 10.1 Å². The highest BCUT2D eigenvalue weighted by atomic mass is 32.1. The summed E-state index contributed by atoms with van der Waals surface area (Å²) in [5.74, 6) is 0.685. The summed E-state index contributed by atoms with van der Waals surface area (Å²) in [4.78, 5) is 18.7. The number of nitrogens with zero attached hydrogens (tertiary/aromatic N) is 1. The molecule has 0 aliphatic heterocycles. The van der Waals surface area contributed by atoms with Gasteiger partial charge in [-0.3, -0.25) is 4.79 Å². The van der Waals surface area contributed by atoms with E-state index in [9.17, 15) is 4.79 Å². The van der Waals surface area contributed by atoms with Gasteiger partial charge in [0.1, 0.15) is 5.75 Å². The number of nitrogens with one attached hydrogen (secondary N) is 1. The first kappa shape index (κ1) is 17.2. The molecule has 0 atom stereocenters. The second kappa shape index (κ2) is 7.60. The van der Waals surface area contributed by atoms with E-state index < -0.39 is 0 Å². The highest BCUT2D eigenvalue weighted by Crippen LogP contribution is 2.26. The molecule has 0 aliphatic carbocycles. The number of thiophene rings is 1. The lowest BCUT2D eigenvalue weighted by Gasteiger charge is -2.11. The van der Waals surface area contributed by atoms with Crippen LogP contribution in [0, 0.1) is 0 Å². The Hall–Kier alpha value is -3.18. The van der Waals surface area contributed by atoms with Crippen molar-refractivity contribution in [1.29, 1.82) is 0 Å². The van der Waals surface area contributed by atoms with E-state index in [4.69, 9.17) is 9.72 Å². The van der Waals surface area contributed by atoms with Gasteiger partial charge in [-0.1, -0.05) is 24.3 Å². The number of fused-ring (bicyclic) bond motifs is 1.